The number of para-hydroxylation sites is 1. The number of benzene rings is 10. The van der Waals surface area contributed by atoms with E-state index in [1.54, 1.807) is 0 Å². The second kappa shape index (κ2) is 22.7. The van der Waals surface area contributed by atoms with Crippen molar-refractivity contribution in [2.24, 2.45) is 0 Å². The van der Waals surface area contributed by atoms with Gasteiger partial charge in [-0.15, -0.1) is 35.4 Å². The number of furan rings is 1. The molecular formula is C66H46Au2OP2+2. The van der Waals surface area contributed by atoms with E-state index in [0.717, 1.165) is 35.1 Å². The van der Waals surface area contributed by atoms with Crippen molar-refractivity contribution in [3.05, 3.63) is 289 Å². The molecule has 2 aliphatic carbocycles. The average molecular weight is 1310 g/mol. The molecule has 346 valence electrons. The third-order valence-electron chi connectivity index (χ3n) is 13.2. The van der Waals surface area contributed by atoms with Crippen LogP contribution in [-0.4, -0.2) is 0 Å². The molecule has 0 amide bonds. The van der Waals surface area contributed by atoms with Crippen LogP contribution in [0.25, 0.3) is 44.2 Å². The molecule has 1 nitrogen and oxygen atoms in total. The van der Waals surface area contributed by atoms with Crippen molar-refractivity contribution >= 4 is 69.6 Å². The first-order valence-electron chi connectivity index (χ1n) is 23.3. The van der Waals surface area contributed by atoms with Gasteiger partial charge in [0.25, 0.3) is 0 Å². The van der Waals surface area contributed by atoms with Gasteiger partial charge in [0.2, 0.25) is 0 Å². The van der Waals surface area contributed by atoms with E-state index in [0.29, 0.717) is 0 Å². The molecule has 1 heterocycles. The number of fused-ring (bicyclic) bond motifs is 9. The van der Waals surface area contributed by atoms with Gasteiger partial charge in [0.1, 0.15) is 58.8 Å². The van der Waals surface area contributed by atoms with E-state index in [2.05, 4.69) is 242 Å². The van der Waals surface area contributed by atoms with Crippen LogP contribution in [0, 0.1) is 24.7 Å². The zero-order chi connectivity index (χ0) is 46.5. The molecule has 5 heteroatoms. The third kappa shape index (κ3) is 10.3. The largest absolute Gasteiger partial charge is 1.00 e. The topological polar surface area (TPSA) is 13.1 Å². The van der Waals surface area contributed by atoms with Crippen molar-refractivity contribution in [1.82, 2.24) is 0 Å². The quantitative estimate of drug-likeness (QED) is 0.0700. The smallest absolute Gasteiger partial charge is 0.456 e. The maximum absolute atomic E-state index is 7.12. The zero-order valence-corrected chi connectivity index (χ0v) is 44.9. The Bertz CT molecular complexity index is 3520. The molecule has 13 rings (SSSR count). The Morgan fingerprint density at radius 2 is 0.690 bits per heavy atom. The molecule has 0 spiro atoms. The van der Waals surface area contributed by atoms with Crippen molar-refractivity contribution < 1.29 is 49.2 Å². The molecule has 11 aromatic rings. The Kier molecular flexibility index (Phi) is 15.8. The summed E-state index contributed by atoms with van der Waals surface area (Å²) in [5, 5.41) is 10.8. The predicted molar refractivity (Wildman–Crippen MR) is 296 cm³/mol. The maximum Gasteiger partial charge on any atom is 1.00 e. The molecule has 0 N–H and O–H groups in total. The molecule has 1 aromatic heterocycles. The SMILES string of the molecule is [Au+].[Au+].[C-]#Cc1ccc2c(c1)Cc1ccccc1-2.[C-]#Cc1ccc2c(c1)Cc1ccccc1-2.c1ccc([PH+](c2ccccc2)c2cc3oc4ccccc4c3cc2[PH+](c2ccccc2)c2ccccc2)cc1. The van der Waals surface area contributed by atoms with Crippen molar-refractivity contribution in [3.8, 4) is 34.1 Å². The zero-order valence-electron chi connectivity index (χ0n) is 38.5. The molecule has 71 heavy (non-hydrogen) atoms. The van der Waals surface area contributed by atoms with Gasteiger partial charge >= 0.3 is 44.8 Å². The maximum atomic E-state index is 7.12. The van der Waals surface area contributed by atoms with Gasteiger partial charge in [-0.3, -0.25) is 11.8 Å². The first kappa shape index (κ1) is 49.4. The van der Waals surface area contributed by atoms with Gasteiger partial charge in [-0.25, -0.2) is 0 Å². The second-order valence-electron chi connectivity index (χ2n) is 17.4. The Labute approximate surface area is 451 Å². The fraction of sp³-hybridized carbons (Fsp3) is 0.0303. The standard InChI is InChI=1S/C36H26OP2.2C15H9.2Au/c1-5-15-27(16-6-1)38(28-17-7-2-8-18-28)35-25-32-31-23-13-14-24-33(31)37-34(32)26-36(35)39(29-19-9-3-10-20-29)30-21-11-4-12-22-30;2*1-2-11-7-8-15-13(9-11)10-12-5-3-4-6-14(12)15;;/h1-26H;2*3-9H,10H2;;/q;2*-1;2*+1/p+2. The Morgan fingerprint density at radius 3 is 1.13 bits per heavy atom. The fourth-order valence-electron chi connectivity index (χ4n) is 10.0. The van der Waals surface area contributed by atoms with Crippen LogP contribution in [-0.2, 0) is 57.6 Å². The van der Waals surface area contributed by atoms with E-state index in [4.69, 9.17) is 17.3 Å². The van der Waals surface area contributed by atoms with Crippen LogP contribution in [0.1, 0.15) is 33.4 Å². The van der Waals surface area contributed by atoms with Gasteiger partial charge in [-0.05, 0) is 107 Å². The summed E-state index contributed by atoms with van der Waals surface area (Å²) in [6.45, 7) is 0. The normalized spacial score (nSPS) is 11.3. The minimum absolute atomic E-state index is 0. The molecule has 2 aliphatic rings. The van der Waals surface area contributed by atoms with E-state index >= 15 is 0 Å². The summed E-state index contributed by atoms with van der Waals surface area (Å²) in [6, 6.07) is 86.7. The molecule has 0 fully saturated rings. The summed E-state index contributed by atoms with van der Waals surface area (Å²) >= 11 is 0. The summed E-state index contributed by atoms with van der Waals surface area (Å²) < 4.78 is 6.49. The van der Waals surface area contributed by atoms with Gasteiger partial charge < -0.3 is 17.3 Å². The van der Waals surface area contributed by atoms with Crippen molar-refractivity contribution in [2.45, 2.75) is 12.8 Å². The number of hydrogen-bond donors (Lipinski definition) is 0. The van der Waals surface area contributed by atoms with E-state index in [9.17, 15) is 0 Å². The van der Waals surface area contributed by atoms with Gasteiger partial charge in [0, 0.05) is 16.8 Å². The van der Waals surface area contributed by atoms with Crippen LogP contribution in [0.5, 0.6) is 0 Å². The fourth-order valence-corrected chi connectivity index (χ4v) is 16.0. The summed E-state index contributed by atoms with van der Waals surface area (Å²) in [5.74, 6) is 4.87. The van der Waals surface area contributed by atoms with Crippen LogP contribution < -0.4 is 31.8 Å². The monoisotopic (exact) mass is 1310 g/mol. The van der Waals surface area contributed by atoms with Crippen LogP contribution in [0.15, 0.2) is 247 Å². The summed E-state index contributed by atoms with van der Waals surface area (Å²) in [6.07, 6.45) is 16.2. The minimum atomic E-state index is -1.33. The van der Waals surface area contributed by atoms with Crippen molar-refractivity contribution in [1.29, 1.82) is 0 Å². The molecular weight excluding hydrogens is 1260 g/mol. The Balaban J connectivity index is 0.000000159. The third-order valence-corrected chi connectivity index (χ3v) is 19.0. The summed E-state index contributed by atoms with van der Waals surface area (Å²) in [5.41, 5.74) is 14.3. The van der Waals surface area contributed by atoms with Crippen LogP contribution in [0.2, 0.25) is 0 Å². The van der Waals surface area contributed by atoms with E-state index in [1.165, 1.54) is 87.1 Å². The minimum Gasteiger partial charge on any atom is -0.456 e. The second-order valence-corrected chi connectivity index (χ2v) is 22.3. The van der Waals surface area contributed by atoms with Crippen molar-refractivity contribution in [2.75, 3.05) is 0 Å². The van der Waals surface area contributed by atoms with Gasteiger partial charge in [0.05, 0.1) is 0 Å². The molecule has 0 radical (unpaired) electrons. The van der Waals surface area contributed by atoms with E-state index in [-0.39, 0.29) is 44.8 Å². The van der Waals surface area contributed by atoms with Gasteiger partial charge in [-0.1, -0.05) is 163 Å². The number of rotatable bonds is 6. The van der Waals surface area contributed by atoms with Crippen LogP contribution >= 0.6 is 15.8 Å². The van der Waals surface area contributed by atoms with Crippen LogP contribution in [0.3, 0.4) is 0 Å². The average Bonchev–Trinajstić information content (AvgIpc) is 4.11. The van der Waals surface area contributed by atoms with E-state index in [1.807, 2.05) is 12.1 Å². The first-order valence-corrected chi connectivity index (χ1v) is 26.3. The molecule has 0 unspecified atom stereocenters. The summed E-state index contributed by atoms with van der Waals surface area (Å²) in [7, 11) is -2.65. The van der Waals surface area contributed by atoms with Gasteiger partial charge in [0.15, 0.2) is 0 Å². The Hall–Kier alpha value is -6.54. The van der Waals surface area contributed by atoms with Crippen molar-refractivity contribution in [3.63, 3.8) is 0 Å². The first-order chi connectivity index (χ1) is 34.1. The molecule has 0 aliphatic heterocycles. The molecule has 0 bridgehead atoms. The summed E-state index contributed by atoms with van der Waals surface area (Å²) in [4.78, 5) is 0. The van der Waals surface area contributed by atoms with Crippen LogP contribution in [0.4, 0.5) is 0 Å². The Morgan fingerprint density at radius 1 is 0.324 bits per heavy atom. The number of hydrogen-bond acceptors (Lipinski definition) is 1. The van der Waals surface area contributed by atoms with Gasteiger partial charge in [-0.2, -0.15) is 0 Å². The molecule has 0 saturated heterocycles. The molecule has 0 atom stereocenters. The van der Waals surface area contributed by atoms with E-state index < -0.39 is 15.8 Å². The molecule has 0 saturated carbocycles. The molecule has 10 aromatic carbocycles. The predicted octanol–water partition coefficient (Wildman–Crippen LogP) is 13.0.